The Morgan fingerprint density at radius 3 is 2.06 bits per heavy atom. The van der Waals surface area contributed by atoms with E-state index in [0.717, 1.165) is 42.0 Å². The fraction of sp³-hybridized carbons (Fsp3) is 0.182. The first-order valence-electron chi connectivity index (χ1n) is 17.2. The summed E-state index contributed by atoms with van der Waals surface area (Å²) in [6, 6.07) is 30.3. The maximum atomic E-state index is 13.6. The van der Waals surface area contributed by atoms with Crippen LogP contribution in [0.3, 0.4) is 0 Å². The molecule has 8 nitrogen and oxygen atoms in total. The van der Waals surface area contributed by atoms with Crippen molar-refractivity contribution in [3.05, 3.63) is 162 Å². The molecule has 2 aliphatic carbocycles. The lowest BCUT2D eigenvalue weighted by Gasteiger charge is -2.20. The largest absolute Gasteiger partial charge is 0.478 e. The summed E-state index contributed by atoms with van der Waals surface area (Å²) >= 11 is 0. The number of aryl methyl sites for hydroxylation is 1. The van der Waals surface area contributed by atoms with Gasteiger partial charge in [-0.25, -0.2) is 9.59 Å². The summed E-state index contributed by atoms with van der Waals surface area (Å²) in [6.45, 7) is 3.58. The maximum Gasteiger partial charge on any atom is 0.336 e. The Bertz CT molecular complexity index is 2480. The van der Waals surface area contributed by atoms with Gasteiger partial charge in [0.1, 0.15) is 0 Å². The number of nitrogens with one attached hydrogen (secondary N) is 1. The topological polar surface area (TPSA) is 124 Å². The minimum absolute atomic E-state index is 0.0172. The molecule has 0 fully saturated rings. The zero-order valence-corrected chi connectivity index (χ0v) is 29.6. The minimum atomic E-state index is -1.13. The van der Waals surface area contributed by atoms with Crippen LogP contribution < -0.4 is 20.7 Å². The first kappa shape index (κ1) is 35.5. The van der Waals surface area contributed by atoms with Crippen LogP contribution in [0.5, 0.6) is 0 Å². The van der Waals surface area contributed by atoms with Crippen molar-refractivity contribution >= 4 is 46.7 Å². The molecular formula is C44H40N2O6. The van der Waals surface area contributed by atoms with Gasteiger partial charge in [-0.15, -0.1) is 0 Å². The van der Waals surface area contributed by atoms with Gasteiger partial charge < -0.3 is 20.4 Å². The van der Waals surface area contributed by atoms with Gasteiger partial charge in [0.25, 0.3) is 5.91 Å². The molecule has 0 saturated heterocycles. The number of amides is 1. The molecule has 0 heterocycles. The number of hydrogen-bond acceptors (Lipinski definition) is 5. The molecule has 7 rings (SSSR count). The van der Waals surface area contributed by atoms with E-state index in [9.17, 15) is 19.2 Å². The van der Waals surface area contributed by atoms with Gasteiger partial charge in [0, 0.05) is 42.2 Å². The second-order valence-electron chi connectivity index (χ2n) is 13.3. The number of carboxylic acids is 2. The van der Waals surface area contributed by atoms with E-state index in [1.54, 1.807) is 25.9 Å². The van der Waals surface area contributed by atoms with E-state index in [1.807, 2.05) is 55.5 Å². The molecule has 5 aromatic rings. The number of hydrogen-bond donors (Lipinski definition) is 3. The van der Waals surface area contributed by atoms with Crippen molar-refractivity contribution in [2.24, 2.45) is 0 Å². The van der Waals surface area contributed by atoms with Crippen LogP contribution in [0.4, 0.5) is 11.4 Å². The number of anilines is 2. The molecule has 0 unspecified atom stereocenters. The zero-order chi connectivity index (χ0) is 37.1. The Morgan fingerprint density at radius 1 is 0.673 bits per heavy atom. The molecule has 0 bridgehead atoms. The van der Waals surface area contributed by atoms with E-state index in [1.165, 1.54) is 38.9 Å². The molecular weight excluding hydrogens is 652 g/mol. The highest BCUT2D eigenvalue weighted by molar-refractivity contribution is 6.24. The van der Waals surface area contributed by atoms with Crippen LogP contribution in [0.2, 0.25) is 0 Å². The van der Waals surface area contributed by atoms with Crippen LogP contribution in [0, 0.1) is 24.3 Å². The van der Waals surface area contributed by atoms with Crippen molar-refractivity contribution in [2.75, 3.05) is 24.3 Å². The van der Waals surface area contributed by atoms with Crippen molar-refractivity contribution in [1.82, 2.24) is 0 Å². The summed E-state index contributed by atoms with van der Waals surface area (Å²) in [5, 5.41) is 25.8. The van der Waals surface area contributed by atoms with E-state index in [0.29, 0.717) is 28.1 Å². The van der Waals surface area contributed by atoms with Crippen LogP contribution in [-0.2, 0) is 12.8 Å². The number of nitrogens with zero attached hydrogens (tertiary/aromatic N) is 1. The molecule has 52 heavy (non-hydrogen) atoms. The number of carbonyl (C=O) groups excluding carboxylic acids is 2. The van der Waals surface area contributed by atoms with Gasteiger partial charge in [0.2, 0.25) is 0 Å². The number of carboxylic acid groups (broad SMARTS) is 2. The standard InChI is InChI=1S/C33H27NO2.C11H13NO4/c1-21-7-2-4-9-25(21)33(36)34-24-16-13-23(14-17-24)32(35)31-12-6-11-27-29-18-15-22-8-3-5-10-26(22)28(29)19-20-30(27)31;1-6-8(11(15)16)4-7(10(13)14)5-9(6)12(2)3/h2-5,7-10,13-17,19-20H,6,11-12,18H2,1H3,(H,34,36);4-5H,1-3H3,(H,13,14)(H,15,16). The van der Waals surface area contributed by atoms with Gasteiger partial charge in [0.05, 0.1) is 11.1 Å². The van der Waals surface area contributed by atoms with E-state index in [4.69, 9.17) is 10.2 Å². The molecule has 8 heteroatoms. The molecule has 3 N–H and O–H groups in total. The number of benzene rings is 5. The van der Waals surface area contributed by atoms with Gasteiger partial charge in [-0.05, 0) is 125 Å². The second-order valence-corrected chi connectivity index (χ2v) is 13.3. The van der Waals surface area contributed by atoms with Crippen molar-refractivity contribution < 1.29 is 29.4 Å². The Kier molecular flexibility index (Phi) is 10.2. The molecule has 0 radical (unpaired) electrons. The van der Waals surface area contributed by atoms with Gasteiger partial charge in [-0.1, -0.05) is 60.7 Å². The Hall–Kier alpha value is -6.28. The third kappa shape index (κ3) is 7.14. The molecule has 0 atom stereocenters. The molecule has 1 amide bonds. The number of fused-ring (bicyclic) bond motifs is 4. The van der Waals surface area contributed by atoms with Crippen LogP contribution in [0.15, 0.2) is 97.1 Å². The van der Waals surface area contributed by atoms with Crippen LogP contribution in [-0.4, -0.2) is 47.9 Å². The number of ketones is 1. The number of carbonyl (C=O) groups is 4. The van der Waals surface area contributed by atoms with Gasteiger partial charge in [-0.3, -0.25) is 9.59 Å². The van der Waals surface area contributed by atoms with Gasteiger partial charge in [-0.2, -0.15) is 0 Å². The Balaban J connectivity index is 0.000000245. The third-order valence-electron chi connectivity index (χ3n) is 9.80. The van der Waals surface area contributed by atoms with Crippen LogP contribution in [0.25, 0.3) is 11.6 Å². The summed E-state index contributed by atoms with van der Waals surface area (Å²) in [5.41, 5.74) is 7.65. The first-order valence-corrected chi connectivity index (χ1v) is 17.2. The Morgan fingerprint density at radius 2 is 1.37 bits per heavy atom. The monoisotopic (exact) mass is 692 g/mol. The lowest BCUT2D eigenvalue weighted by Crippen LogP contribution is -2.25. The highest BCUT2D eigenvalue weighted by Gasteiger charge is 2.21. The average molecular weight is 693 g/mol. The van der Waals surface area contributed by atoms with E-state index in [-0.39, 0.29) is 22.8 Å². The van der Waals surface area contributed by atoms with Crippen LogP contribution in [0.1, 0.15) is 76.5 Å². The van der Waals surface area contributed by atoms with Crippen molar-refractivity contribution in [3.63, 3.8) is 0 Å². The fourth-order valence-electron chi connectivity index (χ4n) is 7.11. The molecule has 0 saturated carbocycles. The smallest absolute Gasteiger partial charge is 0.336 e. The summed E-state index contributed by atoms with van der Waals surface area (Å²) in [5.74, 6) is -2.33. The van der Waals surface area contributed by atoms with Gasteiger partial charge >= 0.3 is 11.9 Å². The second kappa shape index (κ2) is 14.9. The summed E-state index contributed by atoms with van der Waals surface area (Å²) in [7, 11) is 3.47. The summed E-state index contributed by atoms with van der Waals surface area (Å²) in [6.07, 6.45) is 5.99. The van der Waals surface area contributed by atoms with Gasteiger partial charge in [0.15, 0.2) is 5.78 Å². The highest BCUT2D eigenvalue weighted by atomic mass is 16.4. The van der Waals surface area contributed by atoms with E-state index in [2.05, 4.69) is 47.8 Å². The lowest BCUT2D eigenvalue weighted by molar-refractivity contribution is 0.0695. The Labute approximate surface area is 301 Å². The highest BCUT2D eigenvalue weighted by Crippen LogP contribution is 2.26. The molecule has 2 aliphatic rings. The predicted molar refractivity (Wildman–Crippen MR) is 204 cm³/mol. The molecule has 0 spiro atoms. The molecule has 5 aromatic carbocycles. The lowest BCUT2D eigenvalue weighted by atomic mass is 9.84. The van der Waals surface area contributed by atoms with Crippen molar-refractivity contribution in [3.8, 4) is 0 Å². The fourth-order valence-corrected chi connectivity index (χ4v) is 7.11. The molecule has 262 valence electrons. The third-order valence-corrected chi connectivity index (χ3v) is 9.80. The molecule has 0 aliphatic heterocycles. The summed E-state index contributed by atoms with van der Waals surface area (Å²) < 4.78 is 0. The van der Waals surface area contributed by atoms with Crippen LogP contribution >= 0.6 is 0 Å². The average Bonchev–Trinajstić information content (AvgIpc) is 3.14. The van der Waals surface area contributed by atoms with E-state index < -0.39 is 11.9 Å². The van der Waals surface area contributed by atoms with Crippen molar-refractivity contribution in [2.45, 2.75) is 39.5 Å². The zero-order valence-electron chi connectivity index (χ0n) is 29.6. The SMILES string of the molecule is Cc1c(C(=O)O)cc(C(=O)O)cc1N(C)C.Cc1ccccc1C(=O)Nc1ccc(C(=O)C2=c3ccc4c(c3CCC2)CC=c2ccccc2=4)cc1. The maximum absolute atomic E-state index is 13.6. The quantitative estimate of drug-likeness (QED) is 0.162. The predicted octanol–water partition coefficient (Wildman–Crippen LogP) is 6.70. The van der Waals surface area contributed by atoms with Crippen molar-refractivity contribution in [1.29, 1.82) is 0 Å². The summed E-state index contributed by atoms with van der Waals surface area (Å²) in [4.78, 5) is 49.7. The normalized spacial score (nSPS) is 12.5. The number of rotatable bonds is 7. The minimum Gasteiger partial charge on any atom is -0.478 e. The number of aromatic carboxylic acids is 2. The number of Topliss-reactive ketones (excluding diaryl/α,β-unsaturated/α-hetero) is 1. The first-order chi connectivity index (χ1) is 24.9. The molecule has 0 aromatic heterocycles. The van der Waals surface area contributed by atoms with E-state index >= 15 is 0 Å².